The van der Waals surface area contributed by atoms with Gasteiger partial charge >= 0.3 is 0 Å². The van der Waals surface area contributed by atoms with Crippen molar-refractivity contribution < 1.29 is 4.79 Å². The van der Waals surface area contributed by atoms with Gasteiger partial charge in [-0.3, -0.25) is 9.78 Å². The molecule has 0 fully saturated rings. The zero-order valence-corrected chi connectivity index (χ0v) is 20.3. The molecule has 0 atom stereocenters. The summed E-state index contributed by atoms with van der Waals surface area (Å²) in [5, 5.41) is 11.1. The first-order valence-electron chi connectivity index (χ1n) is 12.0. The maximum absolute atomic E-state index is 12.7. The number of rotatable bonds is 8. The highest BCUT2D eigenvalue weighted by atomic mass is 16.1. The number of hydrogen-bond donors (Lipinski definition) is 2. The summed E-state index contributed by atoms with van der Waals surface area (Å²) in [5.41, 5.74) is 5.45. The van der Waals surface area contributed by atoms with Crippen molar-refractivity contribution in [1.29, 1.82) is 0 Å². The lowest BCUT2D eigenvalue weighted by molar-refractivity contribution is 0.0951. The van der Waals surface area contributed by atoms with E-state index in [1.807, 2.05) is 73.7 Å². The van der Waals surface area contributed by atoms with Gasteiger partial charge in [-0.15, -0.1) is 5.10 Å². The molecule has 0 aliphatic carbocycles. The smallest absolute Gasteiger partial charge is 0.254 e. The first-order chi connectivity index (χ1) is 17.6. The highest BCUT2D eigenvalue weighted by molar-refractivity contribution is 5.94. The molecule has 0 aliphatic heterocycles. The maximum atomic E-state index is 12.7. The third kappa shape index (κ3) is 5.07. The lowest BCUT2D eigenvalue weighted by Crippen LogP contribution is -2.23. The summed E-state index contributed by atoms with van der Waals surface area (Å²) in [6.07, 6.45) is 5.26. The number of nitrogens with one attached hydrogen (secondary N) is 2. The molecule has 2 aromatic carbocycles. The summed E-state index contributed by atoms with van der Waals surface area (Å²) in [6, 6.07) is 21.2. The summed E-state index contributed by atoms with van der Waals surface area (Å²) >= 11 is 0. The Balaban J connectivity index is 1.36. The lowest BCUT2D eigenvalue weighted by Gasteiger charge is -2.11. The summed E-state index contributed by atoms with van der Waals surface area (Å²) in [4.78, 5) is 26.1. The van der Waals surface area contributed by atoms with Crippen LogP contribution in [0.1, 0.15) is 40.5 Å². The monoisotopic (exact) mass is 477 g/mol. The van der Waals surface area contributed by atoms with E-state index in [-0.39, 0.29) is 5.91 Å². The van der Waals surface area contributed by atoms with E-state index in [1.165, 1.54) is 0 Å². The van der Waals surface area contributed by atoms with Gasteiger partial charge < -0.3 is 10.6 Å². The quantitative estimate of drug-likeness (QED) is 0.322. The number of carbonyl (C=O) groups excluding carboxylic acids is 1. The van der Waals surface area contributed by atoms with Gasteiger partial charge in [-0.25, -0.2) is 4.98 Å². The summed E-state index contributed by atoms with van der Waals surface area (Å²) in [7, 11) is 0. The molecule has 3 heterocycles. The van der Waals surface area contributed by atoms with Crippen molar-refractivity contribution in [3.05, 3.63) is 102 Å². The van der Waals surface area contributed by atoms with Crippen LogP contribution in [0.3, 0.4) is 0 Å². The van der Waals surface area contributed by atoms with Crippen LogP contribution < -0.4 is 10.6 Å². The van der Waals surface area contributed by atoms with Crippen molar-refractivity contribution >= 4 is 23.2 Å². The lowest BCUT2D eigenvalue weighted by atomic mass is 10.1. The predicted octanol–water partition coefficient (Wildman–Crippen LogP) is 5.12. The maximum Gasteiger partial charge on any atom is 0.254 e. The molecule has 3 aromatic heterocycles. The number of nitrogens with zero attached hydrogens (tertiary/aromatic N) is 5. The van der Waals surface area contributed by atoms with Gasteiger partial charge in [-0.2, -0.15) is 9.50 Å². The fraction of sp³-hybridized carbons (Fsp3) is 0.179. The molecule has 5 aromatic rings. The fourth-order valence-electron chi connectivity index (χ4n) is 3.95. The van der Waals surface area contributed by atoms with Crippen molar-refractivity contribution in [3.63, 3.8) is 0 Å². The van der Waals surface area contributed by atoms with Crippen LogP contribution in [0.5, 0.6) is 0 Å². The van der Waals surface area contributed by atoms with Crippen molar-refractivity contribution in [2.75, 3.05) is 5.32 Å². The first-order valence-corrected chi connectivity index (χ1v) is 12.0. The molecule has 0 spiro atoms. The molecule has 0 unspecified atom stereocenters. The normalized spacial score (nSPS) is 10.9. The highest BCUT2D eigenvalue weighted by Gasteiger charge is 2.13. The Labute approximate surface area is 209 Å². The molecule has 180 valence electrons. The van der Waals surface area contributed by atoms with E-state index in [1.54, 1.807) is 16.9 Å². The van der Waals surface area contributed by atoms with Gasteiger partial charge in [-0.1, -0.05) is 37.6 Å². The Morgan fingerprint density at radius 3 is 2.58 bits per heavy atom. The first kappa shape index (κ1) is 23.2. The van der Waals surface area contributed by atoms with Crippen LogP contribution in [0.15, 0.2) is 79.1 Å². The third-order valence-electron chi connectivity index (χ3n) is 5.91. The van der Waals surface area contributed by atoms with Crippen molar-refractivity contribution in [3.8, 4) is 11.4 Å². The van der Waals surface area contributed by atoms with Crippen molar-refractivity contribution in [2.45, 2.75) is 33.2 Å². The molecule has 0 bridgehead atoms. The molecule has 0 aliphatic rings. The average Bonchev–Trinajstić information content (AvgIpc) is 3.34. The van der Waals surface area contributed by atoms with Gasteiger partial charge in [0.1, 0.15) is 5.82 Å². The second-order valence-electron chi connectivity index (χ2n) is 8.58. The fourth-order valence-corrected chi connectivity index (χ4v) is 3.95. The van der Waals surface area contributed by atoms with Crippen molar-refractivity contribution in [1.82, 2.24) is 29.9 Å². The second kappa shape index (κ2) is 10.4. The number of amides is 1. The van der Waals surface area contributed by atoms with Crippen LogP contribution in [0.25, 0.3) is 17.2 Å². The van der Waals surface area contributed by atoms with Crippen LogP contribution in [0.4, 0.5) is 11.5 Å². The Hall–Kier alpha value is -4.59. The molecule has 0 saturated carbocycles. The predicted molar refractivity (Wildman–Crippen MR) is 140 cm³/mol. The van der Waals surface area contributed by atoms with Gasteiger partial charge in [0, 0.05) is 47.5 Å². The summed E-state index contributed by atoms with van der Waals surface area (Å²) in [5.74, 6) is 1.73. The molecule has 5 rings (SSSR count). The number of pyridine rings is 1. The Morgan fingerprint density at radius 2 is 1.83 bits per heavy atom. The van der Waals surface area contributed by atoms with E-state index in [4.69, 9.17) is 0 Å². The number of anilines is 2. The molecule has 1 amide bonds. The molecular weight excluding hydrogens is 450 g/mol. The van der Waals surface area contributed by atoms with Gasteiger partial charge in [-0.05, 0) is 60.9 Å². The van der Waals surface area contributed by atoms with Gasteiger partial charge in [0.15, 0.2) is 5.82 Å². The molecular formula is C28H27N7O. The molecule has 36 heavy (non-hydrogen) atoms. The minimum Gasteiger partial charge on any atom is -0.348 e. The molecule has 0 radical (unpaired) electrons. The number of aryl methyl sites for hydroxylation is 2. The number of benzene rings is 2. The second-order valence-corrected chi connectivity index (χ2v) is 8.58. The average molecular weight is 478 g/mol. The SMILES string of the molecule is CCCc1cc(Nc2ccc(C(=O)NCc3ccccc3C)cc2)n2nc(-c3cccnc3)nc2n1. The van der Waals surface area contributed by atoms with Gasteiger partial charge in [0.25, 0.3) is 11.7 Å². The number of hydrogen-bond acceptors (Lipinski definition) is 6. The Morgan fingerprint density at radius 1 is 1.00 bits per heavy atom. The largest absolute Gasteiger partial charge is 0.348 e. The van der Waals surface area contributed by atoms with Crippen LogP contribution in [-0.4, -0.2) is 30.5 Å². The van der Waals surface area contributed by atoms with E-state index in [0.29, 0.717) is 23.7 Å². The van der Waals surface area contributed by atoms with Crippen molar-refractivity contribution in [2.24, 2.45) is 0 Å². The zero-order valence-electron chi connectivity index (χ0n) is 20.3. The van der Waals surface area contributed by atoms with Crippen LogP contribution in [-0.2, 0) is 13.0 Å². The molecule has 8 heteroatoms. The van der Waals surface area contributed by atoms with E-state index < -0.39 is 0 Å². The third-order valence-corrected chi connectivity index (χ3v) is 5.91. The van der Waals surface area contributed by atoms with Gasteiger partial charge in [0.05, 0.1) is 0 Å². The van der Waals surface area contributed by atoms with Crippen LogP contribution in [0, 0.1) is 6.92 Å². The van der Waals surface area contributed by atoms with E-state index in [9.17, 15) is 4.79 Å². The van der Waals surface area contributed by atoms with E-state index in [0.717, 1.165) is 46.7 Å². The summed E-state index contributed by atoms with van der Waals surface area (Å²) in [6.45, 7) is 4.65. The number of carbonyl (C=O) groups is 1. The van der Waals surface area contributed by atoms with Crippen LogP contribution >= 0.6 is 0 Å². The number of fused-ring (bicyclic) bond motifs is 1. The standard InChI is InChI=1S/C28H27N7O/c1-3-7-24-16-25(35-28(32-24)33-26(34-35)22-10-6-15-29-17-22)31-23-13-11-20(12-14-23)27(36)30-18-21-9-5-4-8-19(21)2/h4-6,8-17,31H,3,7,18H2,1-2H3,(H,30,36). The summed E-state index contributed by atoms with van der Waals surface area (Å²) < 4.78 is 1.70. The topological polar surface area (TPSA) is 97.1 Å². The molecule has 2 N–H and O–H groups in total. The Bertz CT molecular complexity index is 1490. The Kier molecular flexibility index (Phi) is 6.66. The minimum atomic E-state index is -0.112. The van der Waals surface area contributed by atoms with E-state index >= 15 is 0 Å². The molecule has 8 nitrogen and oxygen atoms in total. The molecule has 0 saturated heterocycles. The minimum absolute atomic E-state index is 0.112. The highest BCUT2D eigenvalue weighted by Crippen LogP contribution is 2.22. The van der Waals surface area contributed by atoms with E-state index in [2.05, 4.69) is 37.6 Å². The zero-order chi connectivity index (χ0) is 24.9. The number of aromatic nitrogens is 5. The van der Waals surface area contributed by atoms with Crippen LogP contribution in [0.2, 0.25) is 0 Å². The van der Waals surface area contributed by atoms with Gasteiger partial charge in [0.2, 0.25) is 0 Å².